The van der Waals surface area contributed by atoms with Gasteiger partial charge in [-0.1, -0.05) is 18.2 Å². The van der Waals surface area contributed by atoms with Crippen LogP contribution in [0.5, 0.6) is 0 Å². The molecule has 0 unspecified atom stereocenters. The number of hydrogen-bond donors (Lipinski definition) is 1. The van der Waals surface area contributed by atoms with Crippen molar-refractivity contribution in [2.45, 2.75) is 23.5 Å². The summed E-state index contributed by atoms with van der Waals surface area (Å²) in [5.41, 5.74) is 0.0944. The molecular formula is C11H15NO5S2. The zero-order chi connectivity index (χ0) is 14.1. The van der Waals surface area contributed by atoms with Gasteiger partial charge in [-0.05, 0) is 24.5 Å². The third-order valence-corrected chi connectivity index (χ3v) is 5.67. The summed E-state index contributed by atoms with van der Waals surface area (Å²) < 4.78 is 56.9. The van der Waals surface area contributed by atoms with E-state index in [9.17, 15) is 16.8 Å². The number of nitrogens with zero attached hydrogens (tertiary/aromatic N) is 1. The Balaban J connectivity index is 2.44. The van der Waals surface area contributed by atoms with E-state index >= 15 is 0 Å². The van der Waals surface area contributed by atoms with Gasteiger partial charge in [0.1, 0.15) is 5.75 Å². The van der Waals surface area contributed by atoms with Gasteiger partial charge in [0.15, 0.2) is 0 Å². The van der Waals surface area contributed by atoms with Crippen LogP contribution in [0.2, 0.25) is 0 Å². The van der Waals surface area contributed by atoms with Gasteiger partial charge in [-0.3, -0.25) is 4.55 Å². The molecule has 1 aromatic carbocycles. The summed E-state index contributed by atoms with van der Waals surface area (Å²) in [7, 11) is -7.95. The molecule has 1 aliphatic rings. The molecule has 1 fully saturated rings. The van der Waals surface area contributed by atoms with Gasteiger partial charge in [-0.2, -0.15) is 12.7 Å². The summed E-state index contributed by atoms with van der Waals surface area (Å²) in [6, 6.07) is 5.85. The molecule has 1 aromatic rings. The van der Waals surface area contributed by atoms with Gasteiger partial charge in [-0.25, -0.2) is 8.42 Å². The molecule has 0 aromatic heterocycles. The lowest BCUT2D eigenvalue weighted by Crippen LogP contribution is -2.28. The Morgan fingerprint density at radius 3 is 2.21 bits per heavy atom. The van der Waals surface area contributed by atoms with Crippen LogP contribution in [0.4, 0.5) is 0 Å². The topological polar surface area (TPSA) is 91.7 Å². The second-order valence-electron chi connectivity index (χ2n) is 4.45. The van der Waals surface area contributed by atoms with E-state index in [1.165, 1.54) is 22.5 Å². The predicted octanol–water partition coefficient (Wildman–Crippen LogP) is 0.859. The van der Waals surface area contributed by atoms with Crippen LogP contribution in [0, 0.1) is 0 Å². The first kappa shape index (κ1) is 14.4. The van der Waals surface area contributed by atoms with Crippen molar-refractivity contribution >= 4 is 20.1 Å². The van der Waals surface area contributed by atoms with Crippen molar-refractivity contribution in [3.8, 4) is 0 Å². The minimum absolute atomic E-state index is 0.0467. The van der Waals surface area contributed by atoms with E-state index in [-0.39, 0.29) is 10.5 Å². The summed E-state index contributed by atoms with van der Waals surface area (Å²) in [5.74, 6) is -0.698. The molecule has 106 valence electrons. The summed E-state index contributed by atoms with van der Waals surface area (Å²) in [5, 5.41) is 0. The maximum absolute atomic E-state index is 12.4. The van der Waals surface area contributed by atoms with Crippen LogP contribution >= 0.6 is 0 Å². The molecular weight excluding hydrogens is 290 g/mol. The van der Waals surface area contributed by atoms with Crippen LogP contribution in [0.3, 0.4) is 0 Å². The molecule has 19 heavy (non-hydrogen) atoms. The lowest BCUT2D eigenvalue weighted by atomic mass is 10.2. The van der Waals surface area contributed by atoms with Crippen LogP contribution < -0.4 is 0 Å². The van der Waals surface area contributed by atoms with E-state index < -0.39 is 25.9 Å². The van der Waals surface area contributed by atoms with Gasteiger partial charge in [0.25, 0.3) is 10.1 Å². The van der Waals surface area contributed by atoms with Crippen molar-refractivity contribution < 1.29 is 21.4 Å². The van der Waals surface area contributed by atoms with E-state index in [1.54, 1.807) is 6.07 Å². The van der Waals surface area contributed by atoms with Crippen molar-refractivity contribution in [1.29, 1.82) is 0 Å². The van der Waals surface area contributed by atoms with Gasteiger partial charge in [-0.15, -0.1) is 0 Å². The molecule has 0 aliphatic carbocycles. The maximum Gasteiger partial charge on any atom is 0.269 e. The minimum Gasteiger partial charge on any atom is -0.285 e. The van der Waals surface area contributed by atoms with E-state index in [2.05, 4.69) is 0 Å². The van der Waals surface area contributed by atoms with Crippen LogP contribution in [0.25, 0.3) is 0 Å². The van der Waals surface area contributed by atoms with E-state index in [1.807, 2.05) is 0 Å². The first-order valence-electron chi connectivity index (χ1n) is 5.84. The fourth-order valence-electron chi connectivity index (χ4n) is 2.14. The number of benzene rings is 1. The lowest BCUT2D eigenvalue weighted by molar-refractivity contribution is 0.475. The van der Waals surface area contributed by atoms with Crippen LogP contribution in [0.1, 0.15) is 18.4 Å². The molecule has 6 nitrogen and oxygen atoms in total. The highest BCUT2D eigenvalue weighted by molar-refractivity contribution is 7.89. The van der Waals surface area contributed by atoms with Crippen LogP contribution in [-0.2, 0) is 25.9 Å². The average Bonchev–Trinajstić information content (AvgIpc) is 2.81. The first-order chi connectivity index (χ1) is 8.81. The molecule has 0 atom stereocenters. The zero-order valence-corrected chi connectivity index (χ0v) is 11.8. The standard InChI is InChI=1S/C11H15NO5S2/c13-18(14,15)9-10-5-1-2-6-11(10)19(16,17)12-7-3-4-8-12/h1-2,5-6H,3-4,7-9H2,(H,13,14,15). The fraction of sp³-hybridized carbons (Fsp3) is 0.455. The number of rotatable bonds is 4. The summed E-state index contributed by atoms with van der Waals surface area (Å²) in [6.45, 7) is 0.894. The Morgan fingerprint density at radius 2 is 1.63 bits per heavy atom. The van der Waals surface area contributed by atoms with Crippen molar-refractivity contribution in [3.05, 3.63) is 29.8 Å². The summed E-state index contributed by atoms with van der Waals surface area (Å²) >= 11 is 0. The van der Waals surface area contributed by atoms with Gasteiger partial charge >= 0.3 is 0 Å². The molecule has 0 saturated carbocycles. The van der Waals surface area contributed by atoms with E-state index in [0.717, 1.165) is 12.8 Å². The third kappa shape index (κ3) is 3.33. The highest BCUT2D eigenvalue weighted by atomic mass is 32.2. The average molecular weight is 305 g/mol. The van der Waals surface area contributed by atoms with Gasteiger partial charge in [0.05, 0.1) is 4.90 Å². The summed E-state index contributed by atoms with van der Waals surface area (Å²) in [4.78, 5) is -0.0467. The van der Waals surface area contributed by atoms with Gasteiger partial charge in [0, 0.05) is 13.1 Å². The molecule has 0 bridgehead atoms. The Morgan fingerprint density at radius 1 is 1.05 bits per heavy atom. The number of sulfonamides is 1. The summed E-state index contributed by atoms with van der Waals surface area (Å²) in [6.07, 6.45) is 1.61. The normalized spacial score (nSPS) is 17.7. The molecule has 1 heterocycles. The largest absolute Gasteiger partial charge is 0.285 e. The van der Waals surface area contributed by atoms with Crippen molar-refractivity contribution in [3.63, 3.8) is 0 Å². The Kier molecular flexibility index (Phi) is 3.95. The van der Waals surface area contributed by atoms with E-state index in [0.29, 0.717) is 13.1 Å². The van der Waals surface area contributed by atoms with Crippen LogP contribution in [0.15, 0.2) is 29.2 Å². The van der Waals surface area contributed by atoms with Gasteiger partial charge in [0.2, 0.25) is 10.0 Å². The Labute approximate surface area is 112 Å². The maximum atomic E-state index is 12.4. The molecule has 0 spiro atoms. The molecule has 2 rings (SSSR count). The van der Waals surface area contributed by atoms with Crippen LogP contribution in [-0.4, -0.2) is 38.8 Å². The van der Waals surface area contributed by atoms with Gasteiger partial charge < -0.3 is 0 Å². The highest BCUT2D eigenvalue weighted by Crippen LogP contribution is 2.24. The molecule has 8 heteroatoms. The second-order valence-corrected chi connectivity index (χ2v) is 7.80. The second kappa shape index (κ2) is 5.20. The van der Waals surface area contributed by atoms with Crippen molar-refractivity contribution in [1.82, 2.24) is 4.31 Å². The molecule has 0 radical (unpaired) electrons. The van der Waals surface area contributed by atoms with Crippen molar-refractivity contribution in [2.75, 3.05) is 13.1 Å². The quantitative estimate of drug-likeness (QED) is 0.833. The molecule has 0 amide bonds. The first-order valence-corrected chi connectivity index (χ1v) is 8.89. The zero-order valence-electron chi connectivity index (χ0n) is 10.2. The molecule has 1 saturated heterocycles. The Bertz CT molecular complexity index is 660. The monoisotopic (exact) mass is 305 g/mol. The minimum atomic E-state index is -4.27. The fourth-order valence-corrected chi connectivity index (χ4v) is 4.61. The SMILES string of the molecule is O=S(=O)(O)Cc1ccccc1S(=O)(=O)N1CCCC1. The highest BCUT2D eigenvalue weighted by Gasteiger charge is 2.29. The third-order valence-electron chi connectivity index (χ3n) is 2.99. The van der Waals surface area contributed by atoms with E-state index in [4.69, 9.17) is 4.55 Å². The smallest absolute Gasteiger partial charge is 0.269 e. The molecule has 1 aliphatic heterocycles. The molecule has 1 N–H and O–H groups in total. The predicted molar refractivity (Wildman–Crippen MR) is 69.7 cm³/mol. The van der Waals surface area contributed by atoms with Crippen molar-refractivity contribution in [2.24, 2.45) is 0 Å². The Hall–Kier alpha value is -0.960. The number of hydrogen-bond acceptors (Lipinski definition) is 4. The lowest BCUT2D eigenvalue weighted by Gasteiger charge is -2.17.